The maximum absolute atomic E-state index is 13.0. The molecule has 0 radical (unpaired) electrons. The SMILES string of the molecule is CCNC(=O)c1noc(-c2cc(C(C)C)c(OCc3ccccc3)cc2OCc2ccccc2)c1-c1nc(=S)o[nH]1. The summed E-state index contributed by atoms with van der Waals surface area (Å²) < 4.78 is 23.7. The molecule has 0 spiro atoms. The van der Waals surface area contributed by atoms with Gasteiger partial charge in [0.05, 0.1) is 5.56 Å². The van der Waals surface area contributed by atoms with Gasteiger partial charge in [-0.2, -0.15) is 10.1 Å². The fraction of sp³-hybridized carbons (Fsp3) is 0.226. The van der Waals surface area contributed by atoms with Crippen molar-refractivity contribution >= 4 is 18.1 Å². The minimum Gasteiger partial charge on any atom is -0.488 e. The summed E-state index contributed by atoms with van der Waals surface area (Å²) in [4.78, 5) is 17.2. The summed E-state index contributed by atoms with van der Waals surface area (Å²) in [6, 6.07) is 23.6. The van der Waals surface area contributed by atoms with Crippen molar-refractivity contribution in [2.75, 3.05) is 6.54 Å². The molecule has 3 aromatic carbocycles. The third-order valence-corrected chi connectivity index (χ3v) is 6.55. The normalized spacial score (nSPS) is 11.0. The van der Waals surface area contributed by atoms with E-state index in [4.69, 9.17) is 30.7 Å². The third-order valence-electron chi connectivity index (χ3n) is 6.37. The quantitative estimate of drug-likeness (QED) is 0.162. The third kappa shape index (κ3) is 6.38. The molecule has 2 heterocycles. The molecule has 5 aromatic rings. The van der Waals surface area contributed by atoms with Gasteiger partial charge in [-0.1, -0.05) is 79.7 Å². The first-order valence-electron chi connectivity index (χ1n) is 13.3. The molecule has 5 rings (SSSR count). The first kappa shape index (κ1) is 27.9. The van der Waals surface area contributed by atoms with Crippen molar-refractivity contribution < 1.29 is 23.3 Å². The number of amides is 1. The Hall–Kier alpha value is -4.70. The number of H-pyrrole nitrogens is 1. The molecule has 0 aliphatic carbocycles. The zero-order valence-electron chi connectivity index (χ0n) is 23.0. The first-order chi connectivity index (χ1) is 19.9. The maximum atomic E-state index is 13.0. The summed E-state index contributed by atoms with van der Waals surface area (Å²) in [5, 5.41) is 9.57. The second kappa shape index (κ2) is 12.6. The summed E-state index contributed by atoms with van der Waals surface area (Å²) in [5.41, 5.74) is 3.90. The van der Waals surface area contributed by atoms with Crippen LogP contribution in [0, 0.1) is 4.84 Å². The zero-order chi connectivity index (χ0) is 28.8. The molecule has 0 unspecified atom stereocenters. The van der Waals surface area contributed by atoms with Crippen LogP contribution in [0.25, 0.3) is 22.7 Å². The summed E-state index contributed by atoms with van der Waals surface area (Å²) in [6.45, 7) is 7.07. The fourth-order valence-corrected chi connectivity index (χ4v) is 4.48. The first-order valence-corrected chi connectivity index (χ1v) is 13.7. The minimum absolute atomic E-state index is 0.0120. The van der Waals surface area contributed by atoms with Gasteiger partial charge in [-0.25, -0.2) is 0 Å². The second-order valence-corrected chi connectivity index (χ2v) is 9.96. The largest absolute Gasteiger partial charge is 0.488 e. The summed E-state index contributed by atoms with van der Waals surface area (Å²) in [5.74, 6) is 1.35. The molecule has 41 heavy (non-hydrogen) atoms. The number of nitrogens with zero attached hydrogens (tertiary/aromatic N) is 2. The van der Waals surface area contributed by atoms with E-state index < -0.39 is 5.91 Å². The zero-order valence-corrected chi connectivity index (χ0v) is 23.8. The van der Waals surface area contributed by atoms with Crippen LogP contribution in [0.3, 0.4) is 0 Å². The van der Waals surface area contributed by atoms with Gasteiger partial charge in [0.1, 0.15) is 30.3 Å². The van der Waals surface area contributed by atoms with Gasteiger partial charge in [0, 0.05) is 12.6 Å². The number of ether oxygens (including phenoxy) is 2. The standard InChI is InChI=1S/C31H30N4O5S/c1-4-32-30(36)27-26(29-33-31(41)40-35-29)28(39-34-27)23-15-22(19(2)3)24(37-17-20-11-7-5-8-12-20)16-25(23)38-18-21-13-9-6-10-14-21/h5-16,19H,4,17-18H2,1-3H3,(H,32,36)(H,33,35,41). The highest BCUT2D eigenvalue weighted by Gasteiger charge is 2.29. The Morgan fingerprint density at radius 2 is 1.61 bits per heavy atom. The van der Waals surface area contributed by atoms with Crippen molar-refractivity contribution in [1.29, 1.82) is 0 Å². The molecule has 2 N–H and O–H groups in total. The Balaban J connectivity index is 1.65. The van der Waals surface area contributed by atoms with Crippen LogP contribution >= 0.6 is 12.2 Å². The van der Waals surface area contributed by atoms with Crippen LogP contribution < -0.4 is 14.8 Å². The summed E-state index contributed by atoms with van der Waals surface area (Å²) in [6.07, 6.45) is 0. The van der Waals surface area contributed by atoms with Gasteiger partial charge in [0.25, 0.3) is 5.91 Å². The van der Waals surface area contributed by atoms with Crippen molar-refractivity contribution in [2.24, 2.45) is 0 Å². The number of nitrogens with one attached hydrogen (secondary N) is 2. The van der Waals surface area contributed by atoms with Gasteiger partial charge in [-0.05, 0) is 47.8 Å². The molecular formula is C31H30N4O5S. The fourth-order valence-electron chi connectivity index (χ4n) is 4.35. The summed E-state index contributed by atoms with van der Waals surface area (Å²) >= 11 is 5.09. The van der Waals surface area contributed by atoms with E-state index in [0.717, 1.165) is 16.7 Å². The van der Waals surface area contributed by atoms with E-state index in [1.165, 1.54) is 0 Å². The van der Waals surface area contributed by atoms with Gasteiger partial charge in [-0.15, -0.1) is 0 Å². The van der Waals surface area contributed by atoms with Crippen LogP contribution in [0.1, 0.15) is 53.9 Å². The lowest BCUT2D eigenvalue weighted by Gasteiger charge is -2.19. The lowest BCUT2D eigenvalue weighted by atomic mass is 9.96. The number of hydrogen-bond acceptors (Lipinski definition) is 8. The number of aromatic amines is 1. The molecule has 2 aromatic heterocycles. The van der Waals surface area contributed by atoms with Gasteiger partial charge in [0.2, 0.25) is 0 Å². The van der Waals surface area contributed by atoms with Crippen LogP contribution in [0.5, 0.6) is 11.5 Å². The van der Waals surface area contributed by atoms with Gasteiger partial charge < -0.3 is 23.8 Å². The molecule has 1 amide bonds. The molecule has 0 aliphatic rings. The number of carbonyl (C=O) groups is 1. The number of aromatic nitrogens is 3. The lowest BCUT2D eigenvalue weighted by Crippen LogP contribution is -2.23. The van der Waals surface area contributed by atoms with E-state index in [9.17, 15) is 4.79 Å². The van der Waals surface area contributed by atoms with Crippen molar-refractivity contribution in [3.8, 4) is 34.2 Å². The maximum Gasteiger partial charge on any atom is 0.314 e. The second-order valence-electron chi connectivity index (χ2n) is 9.61. The van der Waals surface area contributed by atoms with Gasteiger partial charge in [-0.3, -0.25) is 4.79 Å². The van der Waals surface area contributed by atoms with E-state index in [0.29, 0.717) is 42.4 Å². The number of carbonyl (C=O) groups excluding carboxylic acids is 1. The molecule has 0 fully saturated rings. The minimum atomic E-state index is -0.418. The number of rotatable bonds is 11. The molecular weight excluding hydrogens is 540 g/mol. The smallest absolute Gasteiger partial charge is 0.314 e. The Kier molecular flexibility index (Phi) is 8.59. The van der Waals surface area contributed by atoms with E-state index in [2.05, 4.69) is 34.5 Å². The van der Waals surface area contributed by atoms with E-state index in [-0.39, 0.29) is 28.0 Å². The molecule has 10 heteroatoms. The number of benzene rings is 3. The highest BCUT2D eigenvalue weighted by atomic mass is 32.1. The van der Waals surface area contributed by atoms with Crippen LogP contribution in [-0.4, -0.2) is 27.7 Å². The van der Waals surface area contributed by atoms with Crippen LogP contribution in [0.2, 0.25) is 0 Å². The van der Waals surface area contributed by atoms with Crippen molar-refractivity contribution in [1.82, 2.24) is 20.6 Å². The Bertz CT molecular complexity index is 1680. The lowest BCUT2D eigenvalue weighted by molar-refractivity contribution is 0.0947. The predicted molar refractivity (Wildman–Crippen MR) is 156 cm³/mol. The predicted octanol–water partition coefficient (Wildman–Crippen LogP) is 7.09. The molecule has 0 saturated carbocycles. The molecule has 0 saturated heterocycles. The average Bonchev–Trinajstić information content (AvgIpc) is 3.62. The van der Waals surface area contributed by atoms with Crippen molar-refractivity contribution in [3.63, 3.8) is 0 Å². The topological polar surface area (TPSA) is 115 Å². The van der Waals surface area contributed by atoms with Crippen molar-refractivity contribution in [3.05, 3.63) is 100 Å². The molecule has 0 bridgehead atoms. The molecule has 0 aliphatic heterocycles. The van der Waals surface area contributed by atoms with E-state index in [1.807, 2.05) is 79.7 Å². The molecule has 9 nitrogen and oxygen atoms in total. The van der Waals surface area contributed by atoms with Crippen LogP contribution in [-0.2, 0) is 13.2 Å². The van der Waals surface area contributed by atoms with E-state index >= 15 is 0 Å². The average molecular weight is 571 g/mol. The van der Waals surface area contributed by atoms with Crippen LogP contribution in [0.4, 0.5) is 0 Å². The highest BCUT2D eigenvalue weighted by molar-refractivity contribution is 7.71. The van der Waals surface area contributed by atoms with Gasteiger partial charge in [0.15, 0.2) is 17.3 Å². The van der Waals surface area contributed by atoms with Gasteiger partial charge >= 0.3 is 4.84 Å². The Morgan fingerprint density at radius 3 is 2.17 bits per heavy atom. The molecule has 210 valence electrons. The number of hydrogen-bond donors (Lipinski definition) is 2. The Labute approximate surface area is 242 Å². The summed E-state index contributed by atoms with van der Waals surface area (Å²) in [7, 11) is 0. The van der Waals surface area contributed by atoms with Crippen molar-refractivity contribution in [2.45, 2.75) is 39.9 Å². The van der Waals surface area contributed by atoms with E-state index in [1.54, 1.807) is 0 Å². The monoisotopic (exact) mass is 570 g/mol. The van der Waals surface area contributed by atoms with Crippen LogP contribution in [0.15, 0.2) is 81.8 Å². The molecule has 0 atom stereocenters. The Morgan fingerprint density at radius 1 is 0.976 bits per heavy atom. The highest BCUT2D eigenvalue weighted by Crippen LogP contribution is 2.43.